The Labute approximate surface area is 96.4 Å². The van der Waals surface area contributed by atoms with E-state index in [2.05, 4.69) is 6.92 Å². The van der Waals surface area contributed by atoms with Crippen molar-refractivity contribution >= 4 is 11.6 Å². The maximum absolute atomic E-state index is 6.10. The Balaban J connectivity index is 2.97. The molecule has 1 atom stereocenters. The summed E-state index contributed by atoms with van der Waals surface area (Å²) >= 11 is 6.10. The number of halogens is 1. The van der Waals surface area contributed by atoms with Crippen molar-refractivity contribution in [1.29, 1.82) is 0 Å². The number of nitrogens with two attached hydrogens (primary N) is 1. The maximum Gasteiger partial charge on any atom is 0.138 e. The molecule has 3 heteroatoms. The Morgan fingerprint density at radius 1 is 1.47 bits per heavy atom. The second-order valence-corrected chi connectivity index (χ2v) is 4.23. The van der Waals surface area contributed by atoms with Crippen molar-refractivity contribution < 1.29 is 4.74 Å². The molecule has 0 bridgehead atoms. The Hall–Kier alpha value is -0.730. The predicted octanol–water partition coefficient (Wildman–Crippen LogP) is 2.94. The average Bonchev–Trinajstić information content (AvgIpc) is 2.13. The number of benzene rings is 1. The fourth-order valence-corrected chi connectivity index (χ4v) is 1.77. The van der Waals surface area contributed by atoms with E-state index in [0.29, 0.717) is 11.6 Å². The summed E-state index contributed by atoms with van der Waals surface area (Å²) in [5.74, 6) is 0.755. The smallest absolute Gasteiger partial charge is 0.138 e. The van der Waals surface area contributed by atoms with Crippen LogP contribution >= 0.6 is 11.6 Å². The minimum Gasteiger partial charge on any atom is -0.492 e. The van der Waals surface area contributed by atoms with E-state index in [9.17, 15) is 0 Å². The second kappa shape index (κ2) is 5.38. The third-order valence-electron chi connectivity index (χ3n) is 2.23. The Bertz CT molecular complexity index is 337. The van der Waals surface area contributed by atoms with Crippen molar-refractivity contribution in [2.75, 3.05) is 6.61 Å². The topological polar surface area (TPSA) is 35.2 Å². The van der Waals surface area contributed by atoms with Crippen LogP contribution in [0.25, 0.3) is 0 Å². The lowest BCUT2D eigenvalue weighted by molar-refractivity contribution is 0.340. The lowest BCUT2D eigenvalue weighted by Crippen LogP contribution is -2.18. The van der Waals surface area contributed by atoms with Gasteiger partial charge in [0.15, 0.2) is 0 Å². The molecule has 0 saturated heterocycles. The Morgan fingerprint density at radius 2 is 2.13 bits per heavy atom. The molecule has 0 aliphatic carbocycles. The molecule has 1 unspecified atom stereocenters. The molecule has 0 radical (unpaired) electrons. The zero-order valence-electron chi connectivity index (χ0n) is 9.51. The van der Waals surface area contributed by atoms with E-state index in [-0.39, 0.29) is 6.04 Å². The number of ether oxygens (including phenoxy) is 1. The molecule has 15 heavy (non-hydrogen) atoms. The number of aryl methyl sites for hydroxylation is 1. The van der Waals surface area contributed by atoms with Crippen LogP contribution in [0.4, 0.5) is 0 Å². The number of hydrogen-bond donors (Lipinski definition) is 1. The minimum atomic E-state index is 0.151. The van der Waals surface area contributed by atoms with E-state index < -0.39 is 0 Å². The predicted molar refractivity (Wildman–Crippen MR) is 64.7 cm³/mol. The standard InChI is InChI=1S/C12H18ClNO/c1-4-15-12-5-8(2)10(6-9(3)14)7-11(12)13/h5,7,9H,4,6,14H2,1-3H3. The average molecular weight is 228 g/mol. The molecule has 1 aromatic rings. The van der Waals surface area contributed by atoms with Gasteiger partial charge in [-0.2, -0.15) is 0 Å². The highest BCUT2D eigenvalue weighted by Crippen LogP contribution is 2.28. The molecule has 1 aromatic carbocycles. The summed E-state index contributed by atoms with van der Waals surface area (Å²) in [6.45, 7) is 6.62. The summed E-state index contributed by atoms with van der Waals surface area (Å²) in [5, 5.41) is 0.665. The molecule has 0 saturated carbocycles. The van der Waals surface area contributed by atoms with E-state index >= 15 is 0 Å². The first-order valence-electron chi connectivity index (χ1n) is 5.22. The molecular formula is C12H18ClNO. The Morgan fingerprint density at radius 3 is 2.67 bits per heavy atom. The van der Waals surface area contributed by atoms with Gasteiger partial charge in [0.25, 0.3) is 0 Å². The zero-order valence-corrected chi connectivity index (χ0v) is 10.3. The van der Waals surface area contributed by atoms with Crippen LogP contribution in [0.2, 0.25) is 5.02 Å². The van der Waals surface area contributed by atoms with E-state index in [0.717, 1.165) is 12.2 Å². The first kappa shape index (κ1) is 12.3. The lowest BCUT2D eigenvalue weighted by Gasteiger charge is -2.12. The first-order chi connectivity index (χ1) is 7.04. The van der Waals surface area contributed by atoms with Crippen LogP contribution in [-0.4, -0.2) is 12.6 Å². The van der Waals surface area contributed by atoms with Crippen molar-refractivity contribution in [1.82, 2.24) is 0 Å². The van der Waals surface area contributed by atoms with Gasteiger partial charge >= 0.3 is 0 Å². The molecule has 2 N–H and O–H groups in total. The number of hydrogen-bond acceptors (Lipinski definition) is 2. The van der Waals surface area contributed by atoms with Crippen LogP contribution in [-0.2, 0) is 6.42 Å². The Kier molecular flexibility index (Phi) is 4.43. The van der Waals surface area contributed by atoms with Crippen molar-refractivity contribution in [2.24, 2.45) is 5.73 Å². The van der Waals surface area contributed by atoms with Gasteiger partial charge in [-0.1, -0.05) is 11.6 Å². The van der Waals surface area contributed by atoms with Gasteiger partial charge in [0.05, 0.1) is 11.6 Å². The minimum absolute atomic E-state index is 0.151. The van der Waals surface area contributed by atoms with Crippen LogP contribution in [0.3, 0.4) is 0 Å². The highest BCUT2D eigenvalue weighted by molar-refractivity contribution is 6.32. The van der Waals surface area contributed by atoms with Gasteiger partial charge in [0.1, 0.15) is 5.75 Å². The van der Waals surface area contributed by atoms with Gasteiger partial charge in [0.2, 0.25) is 0 Å². The van der Waals surface area contributed by atoms with Gasteiger partial charge < -0.3 is 10.5 Å². The molecule has 2 nitrogen and oxygen atoms in total. The molecule has 0 aliphatic heterocycles. The SMILES string of the molecule is CCOc1cc(C)c(CC(C)N)cc1Cl. The quantitative estimate of drug-likeness (QED) is 0.859. The maximum atomic E-state index is 6.10. The van der Waals surface area contributed by atoms with Crippen LogP contribution in [0.15, 0.2) is 12.1 Å². The molecule has 0 aliphatic rings. The summed E-state index contributed by atoms with van der Waals surface area (Å²) in [6.07, 6.45) is 0.845. The molecule has 0 heterocycles. The normalized spacial score (nSPS) is 12.6. The van der Waals surface area contributed by atoms with E-state index in [1.807, 2.05) is 26.0 Å². The third-order valence-corrected chi connectivity index (χ3v) is 2.53. The van der Waals surface area contributed by atoms with E-state index in [1.165, 1.54) is 11.1 Å². The van der Waals surface area contributed by atoms with Crippen LogP contribution in [0.5, 0.6) is 5.75 Å². The van der Waals surface area contributed by atoms with Gasteiger partial charge in [-0.15, -0.1) is 0 Å². The first-order valence-corrected chi connectivity index (χ1v) is 5.59. The van der Waals surface area contributed by atoms with Crippen LogP contribution < -0.4 is 10.5 Å². The molecule has 0 aromatic heterocycles. The van der Waals surface area contributed by atoms with Crippen molar-refractivity contribution in [2.45, 2.75) is 33.2 Å². The zero-order chi connectivity index (χ0) is 11.4. The summed E-state index contributed by atoms with van der Waals surface area (Å²) < 4.78 is 5.41. The summed E-state index contributed by atoms with van der Waals surface area (Å²) in [5.41, 5.74) is 8.14. The van der Waals surface area contributed by atoms with E-state index in [1.54, 1.807) is 0 Å². The van der Waals surface area contributed by atoms with Gasteiger partial charge in [-0.3, -0.25) is 0 Å². The fraction of sp³-hybridized carbons (Fsp3) is 0.500. The van der Waals surface area contributed by atoms with Gasteiger partial charge in [-0.25, -0.2) is 0 Å². The fourth-order valence-electron chi connectivity index (χ4n) is 1.53. The highest BCUT2D eigenvalue weighted by atomic mass is 35.5. The molecule has 1 rings (SSSR count). The van der Waals surface area contributed by atoms with Crippen molar-refractivity contribution in [3.8, 4) is 5.75 Å². The highest BCUT2D eigenvalue weighted by Gasteiger charge is 2.08. The van der Waals surface area contributed by atoms with Crippen LogP contribution in [0.1, 0.15) is 25.0 Å². The third kappa shape index (κ3) is 3.40. The van der Waals surface area contributed by atoms with E-state index in [4.69, 9.17) is 22.1 Å². The van der Waals surface area contributed by atoms with Crippen molar-refractivity contribution in [3.05, 3.63) is 28.3 Å². The monoisotopic (exact) mass is 227 g/mol. The molecule has 0 amide bonds. The summed E-state index contributed by atoms with van der Waals surface area (Å²) in [6, 6.07) is 4.08. The summed E-state index contributed by atoms with van der Waals surface area (Å²) in [4.78, 5) is 0. The molecule has 0 fully saturated rings. The molecule has 84 valence electrons. The summed E-state index contributed by atoms with van der Waals surface area (Å²) in [7, 11) is 0. The van der Waals surface area contributed by atoms with Crippen molar-refractivity contribution in [3.63, 3.8) is 0 Å². The van der Waals surface area contributed by atoms with Gasteiger partial charge in [0, 0.05) is 6.04 Å². The van der Waals surface area contributed by atoms with Gasteiger partial charge in [-0.05, 0) is 50.5 Å². The molecule has 0 spiro atoms. The lowest BCUT2D eigenvalue weighted by atomic mass is 10.0. The number of rotatable bonds is 4. The molecular weight excluding hydrogens is 210 g/mol. The second-order valence-electron chi connectivity index (χ2n) is 3.82. The van der Waals surface area contributed by atoms with Crippen LogP contribution in [0, 0.1) is 6.92 Å². The largest absolute Gasteiger partial charge is 0.492 e.